The quantitative estimate of drug-likeness (QED) is 0.858. The Kier molecular flexibility index (Phi) is 6.58. The topological polar surface area (TPSA) is 83.9 Å². The standard InChI is InChI=1S/C16H25NO5S/c1-13(14-9-6-5-7-10-14)17(15(19)22-16(2,3)4)23(20,21)12-8-11-18/h5-7,9-10,13,18H,8,11-12H2,1-4H3/t13-/m1/s1. The first-order valence-corrected chi connectivity index (χ1v) is 9.10. The van der Waals surface area contributed by atoms with Gasteiger partial charge in [-0.2, -0.15) is 4.31 Å². The summed E-state index contributed by atoms with van der Waals surface area (Å²) in [5.74, 6) is -0.320. The number of hydrogen-bond acceptors (Lipinski definition) is 5. The summed E-state index contributed by atoms with van der Waals surface area (Å²) in [5.41, 5.74) is -0.121. The lowest BCUT2D eigenvalue weighted by Crippen LogP contribution is -2.43. The molecule has 0 bridgehead atoms. The summed E-state index contributed by atoms with van der Waals surface area (Å²) in [5, 5.41) is 8.89. The number of rotatable bonds is 6. The first-order valence-electron chi connectivity index (χ1n) is 7.49. The fourth-order valence-corrected chi connectivity index (χ4v) is 3.59. The van der Waals surface area contributed by atoms with Gasteiger partial charge in [-0.05, 0) is 39.7 Å². The summed E-state index contributed by atoms with van der Waals surface area (Å²) in [6.07, 6.45) is -0.852. The minimum atomic E-state index is -3.90. The van der Waals surface area contributed by atoms with E-state index in [-0.39, 0.29) is 18.8 Å². The average molecular weight is 343 g/mol. The number of hydrogen-bond donors (Lipinski definition) is 1. The van der Waals surface area contributed by atoms with Gasteiger partial charge in [-0.25, -0.2) is 13.2 Å². The predicted molar refractivity (Wildman–Crippen MR) is 88.4 cm³/mol. The highest BCUT2D eigenvalue weighted by molar-refractivity contribution is 7.89. The second-order valence-electron chi connectivity index (χ2n) is 6.26. The maximum atomic E-state index is 12.5. The third-order valence-corrected chi connectivity index (χ3v) is 4.94. The molecule has 130 valence electrons. The van der Waals surface area contributed by atoms with Gasteiger partial charge in [0.1, 0.15) is 5.60 Å². The predicted octanol–water partition coefficient (Wildman–Crippen LogP) is 2.70. The van der Waals surface area contributed by atoms with Gasteiger partial charge in [0, 0.05) is 6.61 Å². The van der Waals surface area contributed by atoms with Crippen LogP contribution in [-0.2, 0) is 14.8 Å². The number of amides is 1. The van der Waals surface area contributed by atoms with Crippen LogP contribution >= 0.6 is 0 Å². The van der Waals surface area contributed by atoms with E-state index in [9.17, 15) is 13.2 Å². The zero-order chi connectivity index (χ0) is 17.7. The van der Waals surface area contributed by atoms with Gasteiger partial charge >= 0.3 is 6.09 Å². The summed E-state index contributed by atoms with van der Waals surface area (Å²) in [4.78, 5) is 12.4. The average Bonchev–Trinajstić information content (AvgIpc) is 2.44. The van der Waals surface area contributed by atoms with Gasteiger partial charge < -0.3 is 9.84 Å². The molecule has 1 atom stereocenters. The molecule has 1 aromatic rings. The van der Waals surface area contributed by atoms with Gasteiger partial charge in [0.15, 0.2) is 0 Å². The molecule has 0 fully saturated rings. The van der Waals surface area contributed by atoms with Crippen LogP contribution in [0, 0.1) is 0 Å². The van der Waals surface area contributed by atoms with Crippen molar-refractivity contribution in [2.24, 2.45) is 0 Å². The highest BCUT2D eigenvalue weighted by Gasteiger charge is 2.35. The normalized spacial score (nSPS) is 13.4. The highest BCUT2D eigenvalue weighted by Crippen LogP contribution is 2.26. The molecule has 0 saturated carbocycles. The zero-order valence-corrected chi connectivity index (χ0v) is 14.8. The van der Waals surface area contributed by atoms with Crippen molar-refractivity contribution in [2.75, 3.05) is 12.4 Å². The van der Waals surface area contributed by atoms with E-state index in [0.29, 0.717) is 5.56 Å². The van der Waals surface area contributed by atoms with Crippen LogP contribution in [0.1, 0.15) is 45.7 Å². The summed E-state index contributed by atoms with van der Waals surface area (Å²) in [7, 11) is -3.90. The van der Waals surface area contributed by atoms with Crippen LogP contribution in [0.2, 0.25) is 0 Å². The van der Waals surface area contributed by atoms with Gasteiger partial charge in [0.05, 0.1) is 11.8 Å². The molecule has 0 aliphatic heterocycles. The van der Waals surface area contributed by atoms with E-state index in [1.54, 1.807) is 52.0 Å². The smallest absolute Gasteiger partial charge is 0.424 e. The number of nitrogens with zero attached hydrogens (tertiary/aromatic N) is 1. The van der Waals surface area contributed by atoms with Crippen molar-refractivity contribution in [1.82, 2.24) is 4.31 Å². The molecule has 1 aromatic carbocycles. The van der Waals surface area contributed by atoms with Crippen LogP contribution in [0.3, 0.4) is 0 Å². The van der Waals surface area contributed by atoms with E-state index in [4.69, 9.17) is 9.84 Å². The van der Waals surface area contributed by atoms with Crippen molar-refractivity contribution in [2.45, 2.75) is 45.8 Å². The van der Waals surface area contributed by atoms with Crippen LogP contribution in [0.5, 0.6) is 0 Å². The summed E-state index contributed by atoms with van der Waals surface area (Å²) >= 11 is 0. The molecular weight excluding hydrogens is 318 g/mol. The Morgan fingerprint density at radius 1 is 1.26 bits per heavy atom. The van der Waals surface area contributed by atoms with Crippen molar-refractivity contribution >= 4 is 16.1 Å². The number of sulfonamides is 1. The molecule has 0 heterocycles. The number of benzene rings is 1. The molecule has 0 unspecified atom stereocenters. The van der Waals surface area contributed by atoms with E-state index < -0.39 is 27.8 Å². The maximum Gasteiger partial charge on any atom is 0.424 e. The molecule has 6 nitrogen and oxygen atoms in total. The lowest BCUT2D eigenvalue weighted by molar-refractivity contribution is 0.0346. The summed E-state index contributed by atoms with van der Waals surface area (Å²) in [6.45, 7) is 6.40. The summed E-state index contributed by atoms with van der Waals surface area (Å²) in [6, 6.07) is 8.18. The minimum absolute atomic E-state index is 0.0587. The number of ether oxygens (including phenoxy) is 1. The minimum Gasteiger partial charge on any atom is -0.443 e. The molecule has 0 aromatic heterocycles. The van der Waals surface area contributed by atoms with Crippen LogP contribution in [-0.4, -0.2) is 41.9 Å². The molecule has 7 heteroatoms. The van der Waals surface area contributed by atoms with Crippen molar-refractivity contribution in [3.63, 3.8) is 0 Å². The Labute approximate surface area is 138 Å². The number of aliphatic hydroxyl groups is 1. The molecule has 0 aliphatic rings. The Morgan fingerprint density at radius 2 is 1.83 bits per heavy atom. The van der Waals surface area contributed by atoms with Crippen molar-refractivity contribution in [3.05, 3.63) is 35.9 Å². The third-order valence-electron chi connectivity index (χ3n) is 3.07. The molecule has 23 heavy (non-hydrogen) atoms. The van der Waals surface area contributed by atoms with E-state index in [2.05, 4.69) is 0 Å². The number of carbonyl (C=O) groups excluding carboxylic acids is 1. The molecular formula is C16H25NO5S. The number of carbonyl (C=O) groups is 1. The van der Waals surface area contributed by atoms with Gasteiger partial charge in [-0.3, -0.25) is 0 Å². The Bertz CT molecular complexity index is 607. The van der Waals surface area contributed by atoms with E-state index in [1.165, 1.54) is 0 Å². The fraction of sp³-hybridized carbons (Fsp3) is 0.562. The Balaban J connectivity index is 3.18. The Morgan fingerprint density at radius 3 is 2.30 bits per heavy atom. The van der Waals surface area contributed by atoms with Gasteiger partial charge in [-0.15, -0.1) is 0 Å². The van der Waals surface area contributed by atoms with Crippen molar-refractivity contribution in [1.29, 1.82) is 0 Å². The van der Waals surface area contributed by atoms with Gasteiger partial charge in [0.25, 0.3) is 0 Å². The number of aliphatic hydroxyl groups excluding tert-OH is 1. The van der Waals surface area contributed by atoms with Gasteiger partial charge in [0.2, 0.25) is 10.0 Å². The summed E-state index contributed by atoms with van der Waals surface area (Å²) < 4.78 is 31.1. The lowest BCUT2D eigenvalue weighted by Gasteiger charge is -2.31. The highest BCUT2D eigenvalue weighted by atomic mass is 32.2. The molecule has 1 N–H and O–H groups in total. The molecule has 0 saturated heterocycles. The van der Waals surface area contributed by atoms with Crippen LogP contribution in [0.25, 0.3) is 0 Å². The molecule has 0 spiro atoms. The second-order valence-corrected chi connectivity index (χ2v) is 8.22. The molecule has 1 amide bonds. The van der Waals surface area contributed by atoms with Crippen LogP contribution in [0.4, 0.5) is 4.79 Å². The van der Waals surface area contributed by atoms with E-state index in [0.717, 1.165) is 4.31 Å². The fourth-order valence-electron chi connectivity index (χ4n) is 2.03. The first-order chi connectivity index (χ1) is 10.6. The molecule has 0 aliphatic carbocycles. The Hall–Kier alpha value is -1.60. The van der Waals surface area contributed by atoms with Crippen molar-refractivity contribution in [3.8, 4) is 0 Å². The first kappa shape index (κ1) is 19.4. The monoisotopic (exact) mass is 343 g/mol. The van der Waals surface area contributed by atoms with E-state index in [1.807, 2.05) is 6.07 Å². The molecule has 1 rings (SSSR count). The van der Waals surface area contributed by atoms with Crippen molar-refractivity contribution < 1.29 is 23.1 Å². The van der Waals surface area contributed by atoms with Crippen LogP contribution < -0.4 is 0 Å². The van der Waals surface area contributed by atoms with Gasteiger partial charge in [-0.1, -0.05) is 30.3 Å². The SMILES string of the molecule is C[C@H](c1ccccc1)N(C(=O)OC(C)(C)C)S(=O)(=O)CCCO. The largest absolute Gasteiger partial charge is 0.443 e. The van der Waals surface area contributed by atoms with Crippen LogP contribution in [0.15, 0.2) is 30.3 Å². The zero-order valence-electron chi connectivity index (χ0n) is 14.0. The lowest BCUT2D eigenvalue weighted by atomic mass is 10.1. The van der Waals surface area contributed by atoms with E-state index >= 15 is 0 Å². The second kappa shape index (κ2) is 7.79. The maximum absolute atomic E-state index is 12.5. The third kappa shape index (κ3) is 5.84. The molecule has 0 radical (unpaired) electrons.